The van der Waals surface area contributed by atoms with Gasteiger partial charge in [-0.1, -0.05) is 6.42 Å². The molecule has 0 spiro atoms. The molecule has 1 aliphatic heterocycles. The van der Waals surface area contributed by atoms with Crippen LogP contribution >= 0.6 is 16.1 Å². The zero-order valence-corrected chi connectivity index (χ0v) is 6.60. The van der Waals surface area contributed by atoms with Gasteiger partial charge in [0.05, 0.1) is 28.1 Å². The van der Waals surface area contributed by atoms with Crippen molar-refractivity contribution in [2.24, 2.45) is 5.92 Å². The lowest BCUT2D eigenvalue weighted by molar-refractivity contribution is -0.142. The van der Waals surface area contributed by atoms with E-state index in [2.05, 4.69) is 16.1 Å². The minimum Gasteiger partial charge on any atom is -0.275 e. The van der Waals surface area contributed by atoms with E-state index in [4.69, 9.17) is 0 Å². The number of nitrogens with zero attached hydrogens (tertiary/aromatic N) is 1. The Balaban J connectivity index is 2.14. The summed E-state index contributed by atoms with van der Waals surface area (Å²) < 4.78 is 1.70. The highest BCUT2D eigenvalue weighted by Crippen LogP contribution is 2.41. The lowest BCUT2D eigenvalue weighted by Gasteiger charge is -2.38. The smallest absolute Gasteiger partial charge is 0.237 e. The molecule has 1 saturated heterocycles. The lowest BCUT2D eigenvalue weighted by atomic mass is 9.95. The van der Waals surface area contributed by atoms with E-state index in [1.165, 1.54) is 12.8 Å². The summed E-state index contributed by atoms with van der Waals surface area (Å²) >= 11 is 3.22. The Labute approximate surface area is 62.6 Å². The quantitative estimate of drug-likeness (QED) is 0.416. The lowest BCUT2D eigenvalue weighted by Crippen LogP contribution is -2.52. The molecule has 0 aromatic heterocycles. The van der Waals surface area contributed by atoms with Crippen LogP contribution in [0.25, 0.3) is 0 Å². The Morgan fingerprint density at radius 2 is 2.33 bits per heavy atom. The summed E-state index contributed by atoms with van der Waals surface area (Å²) in [5.74, 6) is 0.668. The molecule has 2 nitrogen and oxygen atoms in total. The van der Waals surface area contributed by atoms with Gasteiger partial charge in [-0.05, 0) is 12.8 Å². The summed E-state index contributed by atoms with van der Waals surface area (Å²) in [5, 5.41) is 0. The average molecular weight is 190 g/mol. The molecule has 1 heterocycles. The molecule has 50 valence electrons. The van der Waals surface area contributed by atoms with Crippen LogP contribution in [0.1, 0.15) is 19.3 Å². The van der Waals surface area contributed by atoms with Gasteiger partial charge in [0.2, 0.25) is 5.91 Å². The van der Waals surface area contributed by atoms with E-state index >= 15 is 0 Å². The van der Waals surface area contributed by atoms with Crippen LogP contribution in [0.5, 0.6) is 0 Å². The SMILES string of the molecule is O=C1[C@H]2CCC[C@H]2N1Br. The van der Waals surface area contributed by atoms with Crippen LogP contribution in [0.2, 0.25) is 0 Å². The highest BCUT2D eigenvalue weighted by atomic mass is 79.9. The zero-order chi connectivity index (χ0) is 6.43. The van der Waals surface area contributed by atoms with E-state index in [0.717, 1.165) is 6.42 Å². The Bertz CT molecular complexity index is 159. The van der Waals surface area contributed by atoms with Crippen LogP contribution in [0.3, 0.4) is 0 Å². The highest BCUT2D eigenvalue weighted by molar-refractivity contribution is 9.07. The molecule has 1 aliphatic carbocycles. The largest absolute Gasteiger partial charge is 0.275 e. The zero-order valence-electron chi connectivity index (χ0n) is 5.01. The molecule has 2 rings (SSSR count). The number of hydrogen-bond acceptors (Lipinski definition) is 1. The van der Waals surface area contributed by atoms with Gasteiger partial charge in [-0.25, -0.2) is 0 Å². The molecule has 0 unspecified atom stereocenters. The van der Waals surface area contributed by atoms with Crippen molar-refractivity contribution < 1.29 is 4.79 Å². The van der Waals surface area contributed by atoms with Gasteiger partial charge in [0.25, 0.3) is 0 Å². The van der Waals surface area contributed by atoms with Crippen molar-refractivity contribution in [3.63, 3.8) is 0 Å². The van der Waals surface area contributed by atoms with E-state index in [1.54, 1.807) is 3.93 Å². The first-order valence-corrected chi connectivity index (χ1v) is 4.00. The molecule has 0 N–H and O–H groups in total. The Morgan fingerprint density at radius 1 is 1.56 bits per heavy atom. The summed E-state index contributed by atoms with van der Waals surface area (Å²) in [7, 11) is 0. The van der Waals surface area contributed by atoms with Gasteiger partial charge in [0.1, 0.15) is 0 Å². The molecule has 0 aromatic carbocycles. The third-order valence-electron chi connectivity index (χ3n) is 2.30. The second-order valence-corrected chi connectivity index (χ2v) is 3.52. The molecule has 2 atom stereocenters. The molecular formula is C6H8BrNO. The Kier molecular flexibility index (Phi) is 1.09. The number of hydrogen-bond donors (Lipinski definition) is 0. The van der Waals surface area contributed by atoms with Crippen molar-refractivity contribution >= 4 is 22.1 Å². The van der Waals surface area contributed by atoms with Crippen LogP contribution in [0.15, 0.2) is 0 Å². The molecule has 3 heteroatoms. The van der Waals surface area contributed by atoms with E-state index in [0.29, 0.717) is 12.0 Å². The fraction of sp³-hybridized carbons (Fsp3) is 0.833. The molecule has 1 amide bonds. The number of amides is 1. The van der Waals surface area contributed by atoms with Gasteiger partial charge in [0.15, 0.2) is 0 Å². The van der Waals surface area contributed by atoms with E-state index in [-0.39, 0.29) is 5.91 Å². The van der Waals surface area contributed by atoms with Gasteiger partial charge in [-0.15, -0.1) is 0 Å². The Hall–Kier alpha value is -0.0500. The Morgan fingerprint density at radius 3 is 3.00 bits per heavy atom. The highest BCUT2D eigenvalue weighted by Gasteiger charge is 2.48. The molecule has 1 saturated carbocycles. The number of carbonyl (C=O) groups is 1. The first-order chi connectivity index (χ1) is 4.30. The number of β-lactam (4-membered cyclic amide) rings is 1. The van der Waals surface area contributed by atoms with Gasteiger partial charge < -0.3 is 0 Å². The monoisotopic (exact) mass is 189 g/mol. The van der Waals surface area contributed by atoms with Crippen molar-refractivity contribution in [3.05, 3.63) is 0 Å². The van der Waals surface area contributed by atoms with Gasteiger partial charge in [-0.2, -0.15) is 0 Å². The molecule has 2 aliphatic rings. The van der Waals surface area contributed by atoms with Crippen LogP contribution in [-0.4, -0.2) is 15.9 Å². The third-order valence-corrected chi connectivity index (χ3v) is 3.17. The molecular weight excluding hydrogens is 182 g/mol. The van der Waals surface area contributed by atoms with Gasteiger partial charge >= 0.3 is 0 Å². The van der Waals surface area contributed by atoms with Crippen LogP contribution in [-0.2, 0) is 4.79 Å². The number of halogens is 1. The van der Waals surface area contributed by atoms with Crippen molar-refractivity contribution in [2.45, 2.75) is 25.3 Å². The second-order valence-electron chi connectivity index (χ2n) is 2.75. The molecule has 0 radical (unpaired) electrons. The number of rotatable bonds is 0. The molecule has 0 aromatic rings. The minimum atomic E-state index is 0.289. The van der Waals surface area contributed by atoms with Crippen LogP contribution in [0.4, 0.5) is 0 Å². The summed E-state index contributed by atoms with van der Waals surface area (Å²) in [6, 6.07) is 0.539. The molecule has 0 bridgehead atoms. The fourth-order valence-corrected chi connectivity index (χ4v) is 2.49. The maximum Gasteiger partial charge on any atom is 0.237 e. The summed E-state index contributed by atoms with van der Waals surface area (Å²) in [5.41, 5.74) is 0. The van der Waals surface area contributed by atoms with Crippen LogP contribution in [0, 0.1) is 5.92 Å². The topological polar surface area (TPSA) is 20.3 Å². The van der Waals surface area contributed by atoms with E-state index in [9.17, 15) is 4.79 Å². The second kappa shape index (κ2) is 1.72. The van der Waals surface area contributed by atoms with Crippen molar-refractivity contribution in [2.75, 3.05) is 0 Å². The maximum atomic E-state index is 10.9. The first kappa shape index (κ1) is 5.71. The predicted octanol–water partition coefficient (Wildman–Crippen LogP) is 1.31. The fourth-order valence-electron chi connectivity index (χ4n) is 1.74. The number of fused-ring (bicyclic) bond motifs is 1. The van der Waals surface area contributed by atoms with Gasteiger partial charge in [0, 0.05) is 0 Å². The number of carbonyl (C=O) groups excluding carboxylic acids is 1. The van der Waals surface area contributed by atoms with Crippen molar-refractivity contribution in [1.82, 2.24) is 3.93 Å². The summed E-state index contributed by atoms with van der Waals surface area (Å²) in [6.45, 7) is 0. The summed E-state index contributed by atoms with van der Waals surface area (Å²) in [6.07, 6.45) is 3.54. The average Bonchev–Trinajstić information content (AvgIpc) is 2.30. The summed E-state index contributed by atoms with van der Waals surface area (Å²) in [4.78, 5) is 10.9. The third kappa shape index (κ3) is 0.584. The maximum absolute atomic E-state index is 10.9. The first-order valence-electron chi connectivity index (χ1n) is 3.29. The predicted molar refractivity (Wildman–Crippen MR) is 36.9 cm³/mol. The molecule has 9 heavy (non-hydrogen) atoms. The standard InChI is InChI=1S/C6H8BrNO/c7-8-5-3-1-2-4(5)6(8)9/h4-5H,1-3H2/t4-,5+/m0/s1. The van der Waals surface area contributed by atoms with E-state index < -0.39 is 0 Å². The minimum absolute atomic E-state index is 0.289. The van der Waals surface area contributed by atoms with Crippen LogP contribution < -0.4 is 0 Å². The van der Waals surface area contributed by atoms with E-state index in [1.807, 2.05) is 0 Å². The van der Waals surface area contributed by atoms with Crippen molar-refractivity contribution in [1.29, 1.82) is 0 Å². The normalized spacial score (nSPS) is 40.6. The van der Waals surface area contributed by atoms with Crippen molar-refractivity contribution in [3.8, 4) is 0 Å². The molecule has 2 fully saturated rings. The van der Waals surface area contributed by atoms with Gasteiger partial charge in [-0.3, -0.25) is 8.72 Å².